The van der Waals surface area contributed by atoms with Crippen LogP contribution in [0.5, 0.6) is 0 Å². The van der Waals surface area contributed by atoms with Gasteiger partial charge in [-0.15, -0.1) is 11.3 Å². The van der Waals surface area contributed by atoms with E-state index in [0.717, 1.165) is 44.6 Å². The van der Waals surface area contributed by atoms with Crippen molar-refractivity contribution in [1.29, 1.82) is 0 Å². The summed E-state index contributed by atoms with van der Waals surface area (Å²) in [7, 11) is 0. The number of hydrogen-bond acceptors (Lipinski definition) is 3. The fraction of sp³-hybridized carbons (Fsp3) is 0. The topological polar surface area (TPSA) is 16.4 Å². The Morgan fingerprint density at radius 3 is 2.00 bits per heavy atom. The molecule has 0 saturated heterocycles. The molecule has 0 spiro atoms. The molecular weight excluding hydrogens is 615 g/mol. The predicted octanol–water partition coefficient (Wildman–Crippen LogP) is 13.9. The van der Waals surface area contributed by atoms with Gasteiger partial charge in [-0.3, -0.25) is 0 Å². The molecule has 0 saturated carbocycles. The molecule has 2 nitrogen and oxygen atoms in total. The minimum atomic E-state index is 0.870. The molecule has 8 aromatic carbocycles. The van der Waals surface area contributed by atoms with E-state index in [2.05, 4.69) is 175 Å². The highest BCUT2D eigenvalue weighted by Gasteiger charge is 2.23. The van der Waals surface area contributed by atoms with Crippen molar-refractivity contribution in [3.05, 3.63) is 176 Å². The lowest BCUT2D eigenvalue weighted by Crippen LogP contribution is -2.11. The van der Waals surface area contributed by atoms with Gasteiger partial charge in [0, 0.05) is 42.0 Å². The molecule has 2 heterocycles. The first kappa shape index (κ1) is 27.9. The summed E-state index contributed by atoms with van der Waals surface area (Å²) in [5.74, 6) is 0. The number of anilines is 3. The maximum absolute atomic E-state index is 6.80. The minimum Gasteiger partial charge on any atom is -0.454 e. The SMILES string of the molecule is c1ccc(-c2ccc(N(c3ccc(-c4ccc5c(c4)sc4ccccc45)cc3)c3cccc4ccccc34)c3oc4ccccc4c23)cc1. The second kappa shape index (κ2) is 11.2. The molecule has 0 bridgehead atoms. The highest BCUT2D eigenvalue weighted by molar-refractivity contribution is 7.25. The lowest BCUT2D eigenvalue weighted by Gasteiger charge is -2.27. The summed E-state index contributed by atoms with van der Waals surface area (Å²) in [6, 6.07) is 63.1. The zero-order chi connectivity index (χ0) is 32.3. The number of fused-ring (bicyclic) bond motifs is 7. The van der Waals surface area contributed by atoms with E-state index < -0.39 is 0 Å². The van der Waals surface area contributed by atoms with Crippen LogP contribution in [0.2, 0.25) is 0 Å². The zero-order valence-electron chi connectivity index (χ0n) is 26.5. The molecule has 10 rings (SSSR count). The van der Waals surface area contributed by atoms with Gasteiger partial charge in [-0.1, -0.05) is 133 Å². The van der Waals surface area contributed by atoms with E-state index in [-0.39, 0.29) is 0 Å². The molecule has 3 heteroatoms. The number of furan rings is 1. The van der Waals surface area contributed by atoms with E-state index in [9.17, 15) is 0 Å². The Hall–Kier alpha value is -6.16. The van der Waals surface area contributed by atoms with Crippen molar-refractivity contribution in [3.63, 3.8) is 0 Å². The Bertz CT molecular complexity index is 2820. The van der Waals surface area contributed by atoms with Crippen molar-refractivity contribution in [3.8, 4) is 22.3 Å². The van der Waals surface area contributed by atoms with Crippen LogP contribution in [0, 0.1) is 0 Å². The summed E-state index contributed by atoms with van der Waals surface area (Å²) in [6.45, 7) is 0. The van der Waals surface area contributed by atoms with Crippen LogP contribution in [0.3, 0.4) is 0 Å². The van der Waals surface area contributed by atoms with Crippen LogP contribution < -0.4 is 4.90 Å². The van der Waals surface area contributed by atoms with Crippen molar-refractivity contribution in [2.24, 2.45) is 0 Å². The van der Waals surface area contributed by atoms with Crippen LogP contribution in [0.15, 0.2) is 180 Å². The van der Waals surface area contributed by atoms with Crippen LogP contribution in [0.25, 0.3) is 75.1 Å². The normalized spacial score (nSPS) is 11.7. The van der Waals surface area contributed by atoms with Gasteiger partial charge in [0.2, 0.25) is 0 Å². The standard InChI is InChI=1S/C46H29NOS/c1-2-11-32(12-3-1)36-27-28-41(46-45(36)39-17-6-8-19-42(39)48-46)47(40-18-10-14-31-13-4-5-15-35(31)40)34-24-21-30(22-25-34)33-23-26-38-37-16-7-9-20-43(37)49-44(38)29-33/h1-29H. The van der Waals surface area contributed by atoms with Crippen molar-refractivity contribution >= 4 is 81.3 Å². The van der Waals surface area contributed by atoms with E-state index in [1.807, 2.05) is 17.4 Å². The Morgan fingerprint density at radius 2 is 1.12 bits per heavy atom. The fourth-order valence-corrected chi connectivity index (χ4v) is 8.51. The van der Waals surface area contributed by atoms with Gasteiger partial charge >= 0.3 is 0 Å². The van der Waals surface area contributed by atoms with Gasteiger partial charge < -0.3 is 9.32 Å². The van der Waals surface area contributed by atoms with Gasteiger partial charge in [-0.2, -0.15) is 0 Å². The summed E-state index contributed by atoms with van der Waals surface area (Å²) >= 11 is 1.86. The first-order chi connectivity index (χ1) is 24.3. The Labute approximate surface area is 287 Å². The van der Waals surface area contributed by atoms with Crippen LogP contribution in [-0.4, -0.2) is 0 Å². The van der Waals surface area contributed by atoms with E-state index in [1.165, 1.54) is 47.6 Å². The number of thiophene rings is 1. The van der Waals surface area contributed by atoms with Crippen molar-refractivity contribution in [1.82, 2.24) is 0 Å². The number of rotatable bonds is 5. The van der Waals surface area contributed by atoms with Gasteiger partial charge in [-0.25, -0.2) is 0 Å². The maximum atomic E-state index is 6.80. The van der Waals surface area contributed by atoms with E-state index >= 15 is 0 Å². The quantitative estimate of drug-likeness (QED) is 0.186. The average Bonchev–Trinajstić information content (AvgIpc) is 3.75. The maximum Gasteiger partial charge on any atom is 0.160 e. The summed E-state index contributed by atoms with van der Waals surface area (Å²) in [5, 5.41) is 7.25. The van der Waals surface area contributed by atoms with Gasteiger partial charge in [-0.05, 0) is 70.1 Å². The molecule has 0 aliphatic rings. The van der Waals surface area contributed by atoms with Crippen LogP contribution in [0.4, 0.5) is 17.1 Å². The van der Waals surface area contributed by atoms with Crippen LogP contribution >= 0.6 is 11.3 Å². The number of nitrogens with zero attached hydrogens (tertiary/aromatic N) is 1. The largest absolute Gasteiger partial charge is 0.454 e. The molecule has 0 N–H and O–H groups in total. The van der Waals surface area contributed by atoms with E-state index in [0.29, 0.717) is 0 Å². The third-order valence-corrected chi connectivity index (χ3v) is 10.8. The monoisotopic (exact) mass is 643 g/mol. The molecule has 0 fully saturated rings. The van der Waals surface area contributed by atoms with Gasteiger partial charge in [0.05, 0.1) is 11.4 Å². The lowest BCUT2D eigenvalue weighted by atomic mass is 9.97. The summed E-state index contributed by atoms with van der Waals surface area (Å²) in [4.78, 5) is 2.36. The predicted molar refractivity (Wildman–Crippen MR) is 210 cm³/mol. The molecule has 0 aliphatic carbocycles. The van der Waals surface area contributed by atoms with Gasteiger partial charge in [0.1, 0.15) is 5.58 Å². The molecule has 0 atom stereocenters. The minimum absolute atomic E-state index is 0.870. The molecule has 2 aromatic heterocycles. The zero-order valence-corrected chi connectivity index (χ0v) is 27.3. The van der Waals surface area contributed by atoms with Crippen molar-refractivity contribution in [2.75, 3.05) is 4.90 Å². The smallest absolute Gasteiger partial charge is 0.160 e. The van der Waals surface area contributed by atoms with Gasteiger partial charge in [0.15, 0.2) is 5.58 Å². The van der Waals surface area contributed by atoms with Crippen molar-refractivity contribution < 1.29 is 4.42 Å². The Morgan fingerprint density at radius 1 is 0.429 bits per heavy atom. The molecule has 0 aliphatic heterocycles. The van der Waals surface area contributed by atoms with Crippen LogP contribution in [-0.2, 0) is 0 Å². The first-order valence-electron chi connectivity index (χ1n) is 16.6. The fourth-order valence-electron chi connectivity index (χ4n) is 7.37. The molecule has 10 aromatic rings. The molecule has 0 amide bonds. The third-order valence-electron chi connectivity index (χ3n) is 9.68. The lowest BCUT2D eigenvalue weighted by molar-refractivity contribution is 0.669. The van der Waals surface area contributed by atoms with E-state index in [4.69, 9.17) is 4.42 Å². The number of para-hydroxylation sites is 1. The van der Waals surface area contributed by atoms with Crippen LogP contribution in [0.1, 0.15) is 0 Å². The second-order valence-corrected chi connectivity index (χ2v) is 13.6. The Kier molecular flexibility index (Phi) is 6.39. The molecule has 0 radical (unpaired) electrons. The van der Waals surface area contributed by atoms with Crippen molar-refractivity contribution in [2.45, 2.75) is 0 Å². The highest BCUT2D eigenvalue weighted by Crippen LogP contribution is 2.47. The third kappa shape index (κ3) is 4.55. The molecule has 49 heavy (non-hydrogen) atoms. The summed E-state index contributed by atoms with van der Waals surface area (Å²) in [6.07, 6.45) is 0. The average molecular weight is 644 g/mol. The first-order valence-corrected chi connectivity index (χ1v) is 17.4. The molecule has 0 unspecified atom stereocenters. The highest BCUT2D eigenvalue weighted by atomic mass is 32.1. The molecule has 230 valence electrons. The molecular formula is C46H29NOS. The number of benzene rings is 8. The Balaban J connectivity index is 1.18. The summed E-state index contributed by atoms with van der Waals surface area (Å²) < 4.78 is 9.44. The summed E-state index contributed by atoms with van der Waals surface area (Å²) in [5.41, 5.74) is 9.66. The van der Waals surface area contributed by atoms with E-state index in [1.54, 1.807) is 0 Å². The second-order valence-electron chi connectivity index (χ2n) is 12.5. The van der Waals surface area contributed by atoms with Gasteiger partial charge in [0.25, 0.3) is 0 Å². The number of hydrogen-bond donors (Lipinski definition) is 0.